The van der Waals surface area contributed by atoms with Crippen LogP contribution in [0.2, 0.25) is 0 Å². The van der Waals surface area contributed by atoms with Crippen LogP contribution < -0.4 is 10.5 Å². The lowest BCUT2D eigenvalue weighted by atomic mass is 10.0. The zero-order chi connectivity index (χ0) is 23.7. The molecule has 7 nitrogen and oxygen atoms in total. The number of hydrogen-bond donors (Lipinski definition) is 2. The average Bonchev–Trinajstić information content (AvgIpc) is 3.21. The Hall–Kier alpha value is -3.75. The van der Waals surface area contributed by atoms with Gasteiger partial charge in [-0.2, -0.15) is 0 Å². The molecule has 172 valence electrons. The van der Waals surface area contributed by atoms with E-state index in [-0.39, 0.29) is 10.4 Å². The summed E-state index contributed by atoms with van der Waals surface area (Å²) >= 11 is 1.02. The molecule has 0 atom stereocenters. The van der Waals surface area contributed by atoms with Crippen LogP contribution in [0.1, 0.15) is 32.2 Å². The van der Waals surface area contributed by atoms with Gasteiger partial charge in [-0.05, 0) is 41.8 Å². The van der Waals surface area contributed by atoms with Crippen LogP contribution in [0.25, 0.3) is 21.9 Å². The first-order valence-corrected chi connectivity index (χ1v) is 11.8. The van der Waals surface area contributed by atoms with E-state index in [1.807, 2.05) is 48.5 Å². The van der Waals surface area contributed by atoms with Crippen molar-refractivity contribution >= 4 is 44.9 Å². The molecule has 0 radical (unpaired) electrons. The smallest absolute Gasteiger partial charge is 0.346 e. The zero-order valence-corrected chi connectivity index (χ0v) is 19.4. The topological polar surface area (TPSA) is 95.5 Å². The normalized spacial score (nSPS) is 14.5. The van der Waals surface area contributed by atoms with Crippen molar-refractivity contribution in [2.75, 3.05) is 31.2 Å². The predicted octanol–water partition coefficient (Wildman–Crippen LogP) is 4.42. The van der Waals surface area contributed by atoms with Crippen LogP contribution in [0.3, 0.4) is 0 Å². The van der Waals surface area contributed by atoms with E-state index in [9.17, 15) is 14.7 Å². The number of carboxylic acid groups (broad SMARTS) is 1. The Morgan fingerprint density at radius 3 is 2.50 bits per heavy atom. The molecule has 0 amide bonds. The quantitative estimate of drug-likeness (QED) is 0.417. The highest BCUT2D eigenvalue weighted by Gasteiger charge is 2.20. The van der Waals surface area contributed by atoms with Crippen molar-refractivity contribution in [1.82, 2.24) is 9.97 Å². The van der Waals surface area contributed by atoms with Gasteiger partial charge < -0.3 is 19.7 Å². The third kappa shape index (κ3) is 4.25. The van der Waals surface area contributed by atoms with Crippen molar-refractivity contribution in [1.29, 1.82) is 0 Å². The molecule has 4 aromatic rings. The number of morpholine rings is 1. The summed E-state index contributed by atoms with van der Waals surface area (Å²) in [6.07, 6.45) is 1.99. The molecule has 0 bridgehead atoms. The van der Waals surface area contributed by atoms with Crippen molar-refractivity contribution in [3.63, 3.8) is 0 Å². The average molecular weight is 474 g/mol. The molecule has 0 unspecified atom stereocenters. The molecule has 2 aromatic carbocycles. The number of hydrogen-bond acceptors (Lipinski definition) is 6. The standard InChI is InChI=1S/C26H23N3O4S/c1-16-21-24(30)27-23(28-25(21)34-22(16)26(31)32)20(18-5-3-2-4-6-18)15-17-7-9-19(10-8-17)29-11-13-33-14-12-29/h2-10,15H,11-14H2,1H3,(H,31,32)(H,27,28,30). The zero-order valence-electron chi connectivity index (χ0n) is 18.6. The predicted molar refractivity (Wildman–Crippen MR) is 135 cm³/mol. The second-order valence-electron chi connectivity index (χ2n) is 8.07. The van der Waals surface area contributed by atoms with Crippen molar-refractivity contribution in [3.8, 4) is 0 Å². The van der Waals surface area contributed by atoms with Gasteiger partial charge in [0.1, 0.15) is 15.5 Å². The number of rotatable bonds is 5. The van der Waals surface area contributed by atoms with Gasteiger partial charge in [0, 0.05) is 24.4 Å². The number of aromatic carboxylic acids is 1. The number of carboxylic acids is 1. The van der Waals surface area contributed by atoms with E-state index < -0.39 is 5.97 Å². The lowest BCUT2D eigenvalue weighted by Gasteiger charge is -2.28. The summed E-state index contributed by atoms with van der Waals surface area (Å²) in [7, 11) is 0. The Bertz CT molecular complexity index is 1430. The number of aromatic nitrogens is 2. The van der Waals surface area contributed by atoms with Crippen LogP contribution in [-0.4, -0.2) is 47.3 Å². The fraction of sp³-hybridized carbons (Fsp3) is 0.192. The van der Waals surface area contributed by atoms with Gasteiger partial charge in [0.05, 0.1) is 18.6 Å². The Balaban J connectivity index is 1.60. The summed E-state index contributed by atoms with van der Waals surface area (Å²) in [5.74, 6) is -0.653. The monoisotopic (exact) mass is 473 g/mol. The molecule has 0 saturated carbocycles. The molecule has 1 aliphatic heterocycles. The first kappa shape index (κ1) is 22.1. The molecule has 8 heteroatoms. The highest BCUT2D eigenvalue weighted by molar-refractivity contribution is 7.20. The largest absolute Gasteiger partial charge is 0.477 e. The van der Waals surface area contributed by atoms with Crippen LogP contribution in [0.4, 0.5) is 5.69 Å². The van der Waals surface area contributed by atoms with Crippen molar-refractivity contribution < 1.29 is 14.6 Å². The van der Waals surface area contributed by atoms with E-state index in [2.05, 4.69) is 27.0 Å². The highest BCUT2D eigenvalue weighted by Crippen LogP contribution is 2.30. The number of thiophene rings is 1. The Morgan fingerprint density at radius 2 is 1.82 bits per heavy atom. The minimum atomic E-state index is -1.05. The van der Waals surface area contributed by atoms with Crippen LogP contribution in [0.5, 0.6) is 0 Å². The van der Waals surface area contributed by atoms with Crippen LogP contribution >= 0.6 is 11.3 Å². The second kappa shape index (κ2) is 9.24. The van der Waals surface area contributed by atoms with E-state index in [4.69, 9.17) is 4.74 Å². The number of benzene rings is 2. The van der Waals surface area contributed by atoms with Crippen molar-refractivity contribution in [3.05, 3.63) is 92.3 Å². The number of nitrogens with zero attached hydrogens (tertiary/aromatic N) is 2. The van der Waals surface area contributed by atoms with Gasteiger partial charge in [0.25, 0.3) is 5.56 Å². The molecule has 0 spiro atoms. The summed E-state index contributed by atoms with van der Waals surface area (Å²) in [6.45, 7) is 4.84. The van der Waals surface area contributed by atoms with Gasteiger partial charge in [0.2, 0.25) is 0 Å². The molecule has 1 aliphatic rings. The summed E-state index contributed by atoms with van der Waals surface area (Å²) in [4.78, 5) is 34.9. The molecule has 2 aromatic heterocycles. The maximum atomic E-state index is 12.9. The van der Waals surface area contributed by atoms with Gasteiger partial charge in [-0.1, -0.05) is 42.5 Å². The maximum absolute atomic E-state index is 12.9. The van der Waals surface area contributed by atoms with Crippen molar-refractivity contribution in [2.45, 2.75) is 6.92 Å². The van der Waals surface area contributed by atoms with E-state index in [0.29, 0.717) is 21.6 Å². The number of aromatic amines is 1. The number of carbonyl (C=O) groups is 1. The number of anilines is 1. The van der Waals surface area contributed by atoms with Crippen LogP contribution in [0.15, 0.2) is 59.4 Å². The molecule has 1 saturated heterocycles. The first-order chi connectivity index (χ1) is 16.5. The molecular weight excluding hydrogens is 450 g/mol. The van der Waals surface area contributed by atoms with E-state index >= 15 is 0 Å². The Kier molecular flexibility index (Phi) is 6.00. The van der Waals surface area contributed by atoms with E-state index in [0.717, 1.165) is 60.0 Å². The molecule has 1 fully saturated rings. The minimum absolute atomic E-state index is 0.133. The summed E-state index contributed by atoms with van der Waals surface area (Å²) in [5, 5.41) is 9.80. The maximum Gasteiger partial charge on any atom is 0.346 e. The van der Waals surface area contributed by atoms with Crippen LogP contribution in [-0.2, 0) is 4.74 Å². The van der Waals surface area contributed by atoms with Gasteiger partial charge >= 0.3 is 5.97 Å². The lowest BCUT2D eigenvalue weighted by molar-refractivity contribution is 0.0701. The van der Waals surface area contributed by atoms with Gasteiger partial charge in [-0.3, -0.25) is 4.79 Å². The summed E-state index contributed by atoms with van der Waals surface area (Å²) in [5.41, 5.74) is 3.86. The molecule has 2 N–H and O–H groups in total. The molecule has 0 aliphatic carbocycles. The third-order valence-electron chi connectivity index (χ3n) is 5.92. The van der Waals surface area contributed by atoms with E-state index in [1.165, 1.54) is 0 Å². The minimum Gasteiger partial charge on any atom is -0.477 e. The Labute approximate surface area is 200 Å². The highest BCUT2D eigenvalue weighted by atomic mass is 32.1. The second-order valence-corrected chi connectivity index (χ2v) is 9.07. The van der Waals surface area contributed by atoms with Crippen LogP contribution in [0, 0.1) is 6.92 Å². The van der Waals surface area contributed by atoms with Gasteiger partial charge in [-0.15, -0.1) is 11.3 Å². The number of nitrogens with one attached hydrogen (secondary N) is 1. The number of H-pyrrole nitrogens is 1. The van der Waals surface area contributed by atoms with E-state index in [1.54, 1.807) is 6.92 Å². The fourth-order valence-electron chi connectivity index (χ4n) is 4.15. The molecule has 5 rings (SSSR count). The summed E-state index contributed by atoms with van der Waals surface area (Å²) in [6, 6.07) is 18.0. The van der Waals surface area contributed by atoms with Gasteiger partial charge in [-0.25, -0.2) is 9.78 Å². The fourth-order valence-corrected chi connectivity index (χ4v) is 5.17. The Morgan fingerprint density at radius 1 is 1.12 bits per heavy atom. The first-order valence-electron chi connectivity index (χ1n) is 11.0. The lowest BCUT2D eigenvalue weighted by Crippen LogP contribution is -2.36. The third-order valence-corrected chi connectivity index (χ3v) is 7.09. The molecule has 3 heterocycles. The molecule has 34 heavy (non-hydrogen) atoms. The SMILES string of the molecule is Cc1c(C(=O)O)sc2nc(C(=Cc3ccc(N4CCOCC4)cc3)c3ccccc3)[nH]c(=O)c12. The van der Waals surface area contributed by atoms with Crippen molar-refractivity contribution in [2.24, 2.45) is 0 Å². The van der Waals surface area contributed by atoms with Gasteiger partial charge in [0.15, 0.2) is 0 Å². The molecular formula is C26H23N3O4S. The number of aryl methyl sites for hydroxylation is 1. The number of ether oxygens (including phenoxy) is 1. The number of fused-ring (bicyclic) bond motifs is 1. The summed E-state index contributed by atoms with van der Waals surface area (Å²) < 4.78 is 5.44.